The van der Waals surface area contributed by atoms with E-state index in [-0.39, 0.29) is 5.54 Å². The first-order valence-corrected chi connectivity index (χ1v) is 4.38. The summed E-state index contributed by atoms with van der Waals surface area (Å²) in [5.41, 5.74) is 8.40. The molecule has 2 nitrogen and oxygen atoms in total. The van der Waals surface area contributed by atoms with Gasteiger partial charge in [0.05, 0.1) is 0 Å². The first-order valence-electron chi connectivity index (χ1n) is 4.38. The average Bonchev–Trinajstić information content (AvgIpc) is 2.74. The topological polar surface area (TPSA) is 38.9 Å². The smallest absolute Gasteiger partial charge is 0.0422 e. The second-order valence-electron chi connectivity index (χ2n) is 3.87. The first-order chi connectivity index (χ1) is 5.68. The molecule has 1 fully saturated rings. The van der Waals surface area contributed by atoms with E-state index in [9.17, 15) is 0 Å². The predicted octanol–water partition coefficient (Wildman–Crippen LogP) is 1.42. The second-order valence-corrected chi connectivity index (χ2v) is 3.87. The van der Waals surface area contributed by atoms with Crippen molar-refractivity contribution in [2.75, 3.05) is 0 Å². The summed E-state index contributed by atoms with van der Waals surface area (Å²) in [6.07, 6.45) is 5.15. The third kappa shape index (κ3) is 1.64. The molecule has 0 bridgehead atoms. The summed E-state index contributed by atoms with van der Waals surface area (Å²) >= 11 is 0. The van der Waals surface area contributed by atoms with Gasteiger partial charge in [-0.25, -0.2) is 0 Å². The van der Waals surface area contributed by atoms with Crippen molar-refractivity contribution in [3.8, 4) is 0 Å². The van der Waals surface area contributed by atoms with Crippen LogP contribution in [-0.4, -0.2) is 10.5 Å². The zero-order valence-electron chi connectivity index (χ0n) is 7.38. The minimum atomic E-state index is 0.0856. The van der Waals surface area contributed by atoms with Gasteiger partial charge in [-0.2, -0.15) is 0 Å². The van der Waals surface area contributed by atoms with Gasteiger partial charge in [0.2, 0.25) is 0 Å². The molecule has 0 saturated heterocycles. The van der Waals surface area contributed by atoms with Gasteiger partial charge < -0.3 is 5.73 Å². The molecule has 1 aromatic rings. The molecule has 1 heterocycles. The third-order valence-corrected chi connectivity index (χ3v) is 2.40. The van der Waals surface area contributed by atoms with E-state index in [1.54, 1.807) is 0 Å². The molecular weight excluding hydrogens is 148 g/mol. The largest absolute Gasteiger partial charge is 0.325 e. The third-order valence-electron chi connectivity index (χ3n) is 2.40. The molecule has 1 aliphatic carbocycles. The van der Waals surface area contributed by atoms with Gasteiger partial charge in [-0.3, -0.25) is 4.98 Å². The maximum absolute atomic E-state index is 5.98. The molecule has 64 valence electrons. The summed E-state index contributed by atoms with van der Waals surface area (Å²) in [7, 11) is 0. The quantitative estimate of drug-likeness (QED) is 0.714. The minimum absolute atomic E-state index is 0.0856. The molecule has 1 aliphatic rings. The van der Waals surface area contributed by atoms with E-state index in [4.69, 9.17) is 5.73 Å². The molecule has 2 rings (SSSR count). The van der Waals surface area contributed by atoms with Gasteiger partial charge in [0.15, 0.2) is 0 Å². The van der Waals surface area contributed by atoms with E-state index < -0.39 is 0 Å². The average molecular weight is 162 g/mol. The van der Waals surface area contributed by atoms with Crippen LogP contribution in [-0.2, 0) is 6.42 Å². The van der Waals surface area contributed by atoms with Crippen LogP contribution in [0, 0.1) is 6.92 Å². The maximum atomic E-state index is 5.98. The van der Waals surface area contributed by atoms with E-state index in [1.807, 2.05) is 13.1 Å². The summed E-state index contributed by atoms with van der Waals surface area (Å²) in [6.45, 7) is 2.05. The molecule has 2 N–H and O–H groups in total. The zero-order chi connectivity index (χ0) is 8.60. The lowest BCUT2D eigenvalue weighted by Crippen LogP contribution is -2.24. The molecule has 0 spiro atoms. The summed E-state index contributed by atoms with van der Waals surface area (Å²) in [5, 5.41) is 0. The Balaban J connectivity index is 2.08. The second kappa shape index (κ2) is 2.56. The SMILES string of the molecule is Cc1ccc(CC2(N)CC2)nc1. The van der Waals surface area contributed by atoms with Crippen molar-refractivity contribution in [1.29, 1.82) is 0 Å². The number of aryl methyl sites for hydroxylation is 1. The Bertz CT molecular complexity index is 272. The van der Waals surface area contributed by atoms with Crippen molar-refractivity contribution >= 4 is 0 Å². The molecule has 1 saturated carbocycles. The van der Waals surface area contributed by atoms with Crippen LogP contribution in [0.25, 0.3) is 0 Å². The normalized spacial score (nSPS) is 19.2. The molecule has 0 aromatic carbocycles. The fourth-order valence-corrected chi connectivity index (χ4v) is 1.30. The summed E-state index contributed by atoms with van der Waals surface area (Å²) in [5.74, 6) is 0. The van der Waals surface area contributed by atoms with Crippen molar-refractivity contribution in [2.24, 2.45) is 5.73 Å². The van der Waals surface area contributed by atoms with Crippen LogP contribution in [0.15, 0.2) is 18.3 Å². The molecule has 0 aliphatic heterocycles. The lowest BCUT2D eigenvalue weighted by molar-refractivity contribution is 0.659. The van der Waals surface area contributed by atoms with E-state index in [0.717, 1.165) is 25.0 Å². The van der Waals surface area contributed by atoms with Crippen LogP contribution >= 0.6 is 0 Å². The van der Waals surface area contributed by atoms with Gasteiger partial charge in [-0.15, -0.1) is 0 Å². The van der Waals surface area contributed by atoms with Crippen LogP contribution in [0.2, 0.25) is 0 Å². The van der Waals surface area contributed by atoms with Crippen molar-refractivity contribution in [1.82, 2.24) is 4.98 Å². The zero-order valence-corrected chi connectivity index (χ0v) is 7.38. The van der Waals surface area contributed by atoms with E-state index >= 15 is 0 Å². The molecule has 0 unspecified atom stereocenters. The van der Waals surface area contributed by atoms with Gasteiger partial charge >= 0.3 is 0 Å². The Labute approximate surface area is 72.8 Å². The van der Waals surface area contributed by atoms with Gasteiger partial charge in [-0.1, -0.05) is 6.07 Å². The molecule has 0 amide bonds. The number of nitrogens with zero attached hydrogens (tertiary/aromatic N) is 1. The highest BCUT2D eigenvalue weighted by atomic mass is 14.8. The van der Waals surface area contributed by atoms with E-state index in [0.29, 0.717) is 0 Å². The number of rotatable bonds is 2. The van der Waals surface area contributed by atoms with Crippen LogP contribution in [0.4, 0.5) is 0 Å². The monoisotopic (exact) mass is 162 g/mol. The molecule has 0 radical (unpaired) electrons. The summed E-state index contributed by atoms with van der Waals surface area (Å²) in [6, 6.07) is 4.16. The van der Waals surface area contributed by atoms with Gasteiger partial charge in [0.25, 0.3) is 0 Å². The van der Waals surface area contributed by atoms with Crippen molar-refractivity contribution < 1.29 is 0 Å². The molecular formula is C10H14N2. The highest BCUT2D eigenvalue weighted by Crippen LogP contribution is 2.34. The molecule has 0 atom stereocenters. The van der Waals surface area contributed by atoms with Gasteiger partial charge in [0.1, 0.15) is 0 Å². The molecule has 1 aromatic heterocycles. The predicted molar refractivity (Wildman–Crippen MR) is 48.8 cm³/mol. The number of aromatic nitrogens is 1. The summed E-state index contributed by atoms with van der Waals surface area (Å²) < 4.78 is 0. The van der Waals surface area contributed by atoms with Crippen LogP contribution in [0.1, 0.15) is 24.1 Å². The lowest BCUT2D eigenvalue weighted by atomic mass is 10.1. The lowest BCUT2D eigenvalue weighted by Gasteiger charge is -2.06. The van der Waals surface area contributed by atoms with E-state index in [2.05, 4.69) is 17.1 Å². The van der Waals surface area contributed by atoms with Crippen molar-refractivity contribution in [3.63, 3.8) is 0 Å². The Kier molecular flexibility index (Phi) is 1.65. The minimum Gasteiger partial charge on any atom is -0.325 e. The van der Waals surface area contributed by atoms with Crippen molar-refractivity contribution in [3.05, 3.63) is 29.6 Å². The highest BCUT2D eigenvalue weighted by Gasteiger charge is 2.38. The fourth-order valence-electron chi connectivity index (χ4n) is 1.30. The Morgan fingerprint density at radius 2 is 2.25 bits per heavy atom. The van der Waals surface area contributed by atoms with Crippen LogP contribution < -0.4 is 5.73 Å². The molecule has 2 heteroatoms. The van der Waals surface area contributed by atoms with Crippen LogP contribution in [0.3, 0.4) is 0 Å². The summed E-state index contributed by atoms with van der Waals surface area (Å²) in [4.78, 5) is 4.32. The molecule has 12 heavy (non-hydrogen) atoms. The first kappa shape index (κ1) is 7.74. The van der Waals surface area contributed by atoms with Crippen LogP contribution in [0.5, 0.6) is 0 Å². The Morgan fingerprint density at radius 3 is 2.75 bits per heavy atom. The van der Waals surface area contributed by atoms with Crippen molar-refractivity contribution in [2.45, 2.75) is 31.7 Å². The Morgan fingerprint density at radius 1 is 1.50 bits per heavy atom. The number of pyridine rings is 1. The van der Waals surface area contributed by atoms with Gasteiger partial charge in [-0.05, 0) is 31.4 Å². The highest BCUT2D eigenvalue weighted by molar-refractivity contribution is 5.16. The number of hydrogen-bond donors (Lipinski definition) is 1. The fraction of sp³-hybridized carbons (Fsp3) is 0.500. The number of hydrogen-bond acceptors (Lipinski definition) is 2. The Hall–Kier alpha value is -0.890. The van der Waals surface area contributed by atoms with E-state index in [1.165, 1.54) is 5.56 Å². The number of nitrogens with two attached hydrogens (primary N) is 1. The maximum Gasteiger partial charge on any atom is 0.0422 e. The van der Waals surface area contributed by atoms with Gasteiger partial charge in [0, 0.05) is 23.9 Å². The standard InChI is InChI=1S/C10H14N2/c1-8-2-3-9(12-7-8)6-10(11)4-5-10/h2-3,7H,4-6,11H2,1H3.